The maximum atomic E-state index is 5.75. The Balaban J connectivity index is 1.71. The van der Waals surface area contributed by atoms with E-state index in [2.05, 4.69) is 73.7 Å². The molecule has 1 unspecified atom stereocenters. The van der Waals surface area contributed by atoms with Gasteiger partial charge in [-0.2, -0.15) is 0 Å². The number of rotatable bonds is 8. The van der Waals surface area contributed by atoms with Crippen LogP contribution in [0.3, 0.4) is 0 Å². The lowest BCUT2D eigenvalue weighted by Crippen LogP contribution is -2.34. The molecule has 6 nitrogen and oxygen atoms in total. The van der Waals surface area contributed by atoms with E-state index in [0.29, 0.717) is 0 Å². The summed E-state index contributed by atoms with van der Waals surface area (Å²) in [5.41, 5.74) is 8.94. The number of nitrogens with zero attached hydrogens (tertiary/aromatic N) is 1. The third-order valence-electron chi connectivity index (χ3n) is 6.52. The Morgan fingerprint density at radius 3 is 1.95 bits per heavy atom. The van der Waals surface area contributed by atoms with Crippen molar-refractivity contribution >= 4 is 11.8 Å². The van der Waals surface area contributed by atoms with Crippen molar-refractivity contribution < 1.29 is 18.9 Å². The summed E-state index contributed by atoms with van der Waals surface area (Å²) in [4.78, 5) is 0. The van der Waals surface area contributed by atoms with Crippen LogP contribution in [0.25, 0.3) is 6.08 Å². The van der Waals surface area contributed by atoms with Crippen molar-refractivity contribution in [3.63, 3.8) is 0 Å². The molecular weight excluding hydrogens is 464 g/mol. The van der Waals surface area contributed by atoms with Crippen LogP contribution in [-0.2, 0) is 5.41 Å². The Morgan fingerprint density at radius 2 is 1.35 bits per heavy atom. The van der Waals surface area contributed by atoms with E-state index >= 15 is 0 Å². The van der Waals surface area contributed by atoms with Gasteiger partial charge in [0.1, 0.15) is 23.0 Å². The number of hydrazine groups is 1. The summed E-state index contributed by atoms with van der Waals surface area (Å²) in [6.45, 7) is 6.66. The van der Waals surface area contributed by atoms with E-state index in [-0.39, 0.29) is 11.5 Å². The molecule has 1 heterocycles. The van der Waals surface area contributed by atoms with E-state index in [9.17, 15) is 0 Å². The molecule has 3 aromatic carbocycles. The zero-order chi connectivity index (χ0) is 26.6. The molecule has 3 aromatic rings. The summed E-state index contributed by atoms with van der Waals surface area (Å²) in [5, 5.41) is 2.15. The maximum absolute atomic E-state index is 5.75. The van der Waals surface area contributed by atoms with Crippen LogP contribution < -0.4 is 29.4 Å². The van der Waals surface area contributed by atoms with Crippen LogP contribution in [0.1, 0.15) is 43.5 Å². The minimum absolute atomic E-state index is 0.0825. The Kier molecular flexibility index (Phi) is 7.67. The average molecular weight is 501 g/mol. The summed E-state index contributed by atoms with van der Waals surface area (Å²) in [5.74, 6) is 3.02. The lowest BCUT2D eigenvalue weighted by Gasteiger charge is -2.29. The molecule has 0 fully saturated rings. The van der Waals surface area contributed by atoms with Crippen LogP contribution in [0.5, 0.6) is 23.0 Å². The fourth-order valence-electron chi connectivity index (χ4n) is 4.36. The lowest BCUT2D eigenvalue weighted by molar-refractivity contribution is 0.389. The van der Waals surface area contributed by atoms with Crippen molar-refractivity contribution in [2.45, 2.75) is 32.2 Å². The van der Waals surface area contributed by atoms with Crippen molar-refractivity contribution in [1.29, 1.82) is 0 Å². The summed E-state index contributed by atoms with van der Waals surface area (Å²) in [7, 11) is 6.65. The van der Waals surface area contributed by atoms with Crippen molar-refractivity contribution in [1.82, 2.24) is 5.43 Å². The normalized spacial score (nSPS) is 15.4. The van der Waals surface area contributed by atoms with E-state index in [4.69, 9.17) is 18.9 Å². The average Bonchev–Trinajstić information content (AvgIpc) is 3.34. The number of methoxy groups -OCH3 is 4. The predicted octanol–water partition coefficient (Wildman–Crippen LogP) is 6.68. The molecule has 1 aliphatic rings. The number of hydrogen-bond acceptors (Lipinski definition) is 6. The van der Waals surface area contributed by atoms with Crippen LogP contribution in [-0.4, -0.2) is 28.4 Å². The number of nitrogens with one attached hydrogen (secondary N) is 1. The van der Waals surface area contributed by atoms with Crippen LogP contribution in [0.2, 0.25) is 0 Å². The fraction of sp³-hybridized carbons (Fsp3) is 0.290. The first-order valence-corrected chi connectivity index (χ1v) is 12.3. The Morgan fingerprint density at radius 1 is 0.730 bits per heavy atom. The van der Waals surface area contributed by atoms with E-state index in [1.54, 1.807) is 28.4 Å². The lowest BCUT2D eigenvalue weighted by atomic mass is 9.87. The Labute approximate surface area is 220 Å². The van der Waals surface area contributed by atoms with Gasteiger partial charge < -0.3 is 18.9 Å². The highest BCUT2D eigenvalue weighted by Crippen LogP contribution is 2.39. The van der Waals surface area contributed by atoms with Gasteiger partial charge >= 0.3 is 0 Å². The van der Waals surface area contributed by atoms with Crippen LogP contribution in [0, 0.1) is 0 Å². The smallest absolute Gasteiger partial charge is 0.129 e. The van der Waals surface area contributed by atoms with Crippen LogP contribution in [0.15, 0.2) is 78.5 Å². The van der Waals surface area contributed by atoms with Gasteiger partial charge in [0.2, 0.25) is 0 Å². The maximum Gasteiger partial charge on any atom is 0.129 e. The van der Waals surface area contributed by atoms with Crippen molar-refractivity contribution in [2.75, 3.05) is 33.4 Å². The van der Waals surface area contributed by atoms with Gasteiger partial charge in [-0.15, -0.1) is 0 Å². The second kappa shape index (κ2) is 10.9. The van der Waals surface area contributed by atoms with Gasteiger partial charge in [-0.3, -0.25) is 10.4 Å². The van der Waals surface area contributed by atoms with E-state index in [1.807, 2.05) is 36.4 Å². The minimum Gasteiger partial charge on any atom is -0.497 e. The molecule has 6 heteroatoms. The standard InChI is InChI=1S/C31H36N2O4/c1-31(2,3)22-10-13-24(14-11-22)33-28(27-17-16-26(35-5)20-30(27)37-7)18-23(32-33)12-8-21-9-15-25(34-4)19-29(21)36-6/h8-20,28,32H,1-7H3. The first-order valence-electron chi connectivity index (χ1n) is 12.3. The molecule has 0 aromatic heterocycles. The molecule has 0 saturated heterocycles. The molecule has 0 saturated carbocycles. The van der Waals surface area contributed by atoms with Gasteiger partial charge in [0.15, 0.2) is 0 Å². The zero-order valence-electron chi connectivity index (χ0n) is 22.7. The monoisotopic (exact) mass is 500 g/mol. The number of benzene rings is 3. The van der Waals surface area contributed by atoms with Gasteiger partial charge in [0.25, 0.3) is 0 Å². The number of ether oxygens (including phenoxy) is 4. The predicted molar refractivity (Wildman–Crippen MR) is 150 cm³/mol. The molecule has 4 rings (SSSR count). The highest BCUT2D eigenvalue weighted by atomic mass is 16.5. The fourth-order valence-corrected chi connectivity index (χ4v) is 4.36. The number of anilines is 1. The van der Waals surface area contributed by atoms with Crippen molar-refractivity contribution in [3.05, 3.63) is 95.2 Å². The minimum atomic E-state index is -0.0984. The Hall–Kier alpha value is -4.06. The molecule has 37 heavy (non-hydrogen) atoms. The number of allylic oxidation sites excluding steroid dienone is 1. The highest BCUT2D eigenvalue weighted by molar-refractivity contribution is 5.63. The highest BCUT2D eigenvalue weighted by Gasteiger charge is 2.29. The molecule has 1 atom stereocenters. The van der Waals surface area contributed by atoms with Gasteiger partial charge in [-0.05, 0) is 65.6 Å². The first kappa shape index (κ1) is 26.0. The van der Waals surface area contributed by atoms with Crippen molar-refractivity contribution in [2.24, 2.45) is 0 Å². The van der Waals surface area contributed by atoms with Crippen molar-refractivity contribution in [3.8, 4) is 23.0 Å². The summed E-state index contributed by atoms with van der Waals surface area (Å²) < 4.78 is 22.1. The van der Waals surface area contributed by atoms with Crippen LogP contribution in [0.4, 0.5) is 5.69 Å². The summed E-state index contributed by atoms with van der Waals surface area (Å²) in [6, 6.07) is 20.3. The van der Waals surface area contributed by atoms with E-state index < -0.39 is 0 Å². The topological polar surface area (TPSA) is 52.2 Å². The largest absolute Gasteiger partial charge is 0.497 e. The first-order chi connectivity index (χ1) is 17.8. The van der Waals surface area contributed by atoms with Gasteiger partial charge in [-0.1, -0.05) is 32.9 Å². The molecular formula is C31H36N2O4. The van der Waals surface area contributed by atoms with Gasteiger partial charge in [0.05, 0.1) is 45.9 Å². The summed E-state index contributed by atoms with van der Waals surface area (Å²) in [6.07, 6.45) is 6.27. The molecule has 194 valence electrons. The molecule has 0 amide bonds. The van der Waals surface area contributed by atoms with E-state index in [1.165, 1.54) is 5.56 Å². The third kappa shape index (κ3) is 5.69. The molecule has 0 radical (unpaired) electrons. The zero-order valence-corrected chi connectivity index (χ0v) is 22.7. The molecule has 1 aliphatic heterocycles. The molecule has 0 spiro atoms. The SMILES string of the molecule is COc1ccc(C=CC2=CC(c3ccc(OC)cc3OC)N(c3ccc(C(C)(C)C)cc3)N2)c(OC)c1. The quantitative estimate of drug-likeness (QED) is 0.372. The Bertz CT molecular complexity index is 1290. The van der Waals surface area contributed by atoms with Crippen LogP contribution >= 0.6 is 0 Å². The van der Waals surface area contributed by atoms with Gasteiger partial charge in [-0.25, -0.2) is 0 Å². The summed E-state index contributed by atoms with van der Waals surface area (Å²) >= 11 is 0. The second-order valence-electron chi connectivity index (χ2n) is 9.89. The second-order valence-corrected chi connectivity index (χ2v) is 9.89. The molecule has 0 bridgehead atoms. The third-order valence-corrected chi connectivity index (χ3v) is 6.52. The number of hydrogen-bond donors (Lipinski definition) is 1. The molecule has 0 aliphatic carbocycles. The van der Waals surface area contributed by atoms with Gasteiger partial charge in [0, 0.05) is 23.3 Å². The van der Waals surface area contributed by atoms with E-state index in [0.717, 1.165) is 45.5 Å². The molecule has 1 N–H and O–H groups in total.